The third-order valence-corrected chi connectivity index (χ3v) is 7.11. The Kier molecular flexibility index (Phi) is 4.87. The maximum absolute atomic E-state index is 13.7. The zero-order chi connectivity index (χ0) is 19.0. The van der Waals surface area contributed by atoms with Gasteiger partial charge in [-0.3, -0.25) is 9.59 Å². The Hall–Kier alpha value is -2.04. The van der Waals surface area contributed by atoms with Gasteiger partial charge in [0.25, 0.3) is 0 Å². The second kappa shape index (κ2) is 7.17. The molecule has 3 unspecified atom stereocenters. The molecule has 146 valence electrons. The average Bonchev–Trinajstić information content (AvgIpc) is 3.29. The van der Waals surface area contributed by atoms with Crippen LogP contribution in [0.3, 0.4) is 0 Å². The van der Waals surface area contributed by atoms with Crippen LogP contribution in [0.15, 0.2) is 24.3 Å². The maximum atomic E-state index is 13.7. The molecule has 4 rings (SSSR count). The number of likely N-dealkylation sites (tertiary alicyclic amines) is 1. The van der Waals surface area contributed by atoms with Crippen molar-refractivity contribution in [2.75, 3.05) is 20.2 Å². The van der Waals surface area contributed by atoms with Crippen LogP contribution in [-0.4, -0.2) is 42.1 Å². The first-order chi connectivity index (χ1) is 13.0. The van der Waals surface area contributed by atoms with Crippen LogP contribution < -0.4 is 4.74 Å². The molecular formula is C22H29NO4. The lowest BCUT2D eigenvalue weighted by Gasteiger charge is -2.42. The highest BCUT2D eigenvalue weighted by atomic mass is 16.5. The molecule has 0 radical (unpaired) electrons. The lowest BCUT2D eigenvalue weighted by atomic mass is 9.68. The minimum Gasteiger partial charge on any atom is -0.497 e. The first-order valence-electron chi connectivity index (χ1n) is 10.2. The second-order valence-electron chi connectivity index (χ2n) is 8.69. The number of hydrogen-bond acceptors (Lipinski definition) is 3. The number of ether oxygens (including phenoxy) is 1. The van der Waals surface area contributed by atoms with E-state index >= 15 is 0 Å². The molecule has 4 atom stereocenters. The summed E-state index contributed by atoms with van der Waals surface area (Å²) >= 11 is 0. The third-order valence-electron chi connectivity index (χ3n) is 7.11. The molecule has 27 heavy (non-hydrogen) atoms. The number of carboxylic acid groups (broad SMARTS) is 1. The Balaban J connectivity index is 1.61. The first-order valence-corrected chi connectivity index (χ1v) is 10.2. The fraction of sp³-hybridized carbons (Fsp3) is 0.636. The molecule has 2 aliphatic carbocycles. The van der Waals surface area contributed by atoms with E-state index in [1.807, 2.05) is 23.1 Å². The highest BCUT2D eigenvalue weighted by Crippen LogP contribution is 2.58. The number of aliphatic carboxylic acids is 1. The molecule has 2 bridgehead atoms. The highest BCUT2D eigenvalue weighted by molar-refractivity contribution is 5.85. The van der Waals surface area contributed by atoms with Gasteiger partial charge in [-0.05, 0) is 68.1 Å². The molecule has 0 spiro atoms. The summed E-state index contributed by atoms with van der Waals surface area (Å²) in [5.41, 5.74) is 0.775. The molecule has 5 heteroatoms. The lowest BCUT2D eigenvalue weighted by molar-refractivity contribution is -0.151. The summed E-state index contributed by atoms with van der Waals surface area (Å²) in [4.78, 5) is 27.1. The van der Waals surface area contributed by atoms with E-state index in [0.717, 1.165) is 43.4 Å². The van der Waals surface area contributed by atoms with E-state index in [1.54, 1.807) is 7.11 Å². The summed E-state index contributed by atoms with van der Waals surface area (Å²) in [6.45, 7) is 1.06. The van der Waals surface area contributed by atoms with Gasteiger partial charge in [0.05, 0.1) is 18.4 Å². The number of carbonyl (C=O) groups excluding carboxylic acids is 1. The maximum Gasteiger partial charge on any atom is 0.308 e. The van der Waals surface area contributed by atoms with E-state index in [4.69, 9.17) is 4.74 Å². The van der Waals surface area contributed by atoms with Crippen molar-refractivity contribution in [2.24, 2.45) is 23.2 Å². The lowest BCUT2D eigenvalue weighted by Crippen LogP contribution is -2.52. The van der Waals surface area contributed by atoms with E-state index in [0.29, 0.717) is 31.3 Å². The number of amides is 1. The molecule has 1 heterocycles. The van der Waals surface area contributed by atoms with Crippen molar-refractivity contribution in [3.8, 4) is 5.75 Å². The van der Waals surface area contributed by atoms with Crippen LogP contribution in [0.1, 0.15) is 44.1 Å². The van der Waals surface area contributed by atoms with Crippen LogP contribution in [0.25, 0.3) is 0 Å². The van der Waals surface area contributed by atoms with Crippen molar-refractivity contribution in [1.29, 1.82) is 0 Å². The zero-order valence-electron chi connectivity index (χ0n) is 16.0. The van der Waals surface area contributed by atoms with Crippen molar-refractivity contribution in [3.05, 3.63) is 29.8 Å². The van der Waals surface area contributed by atoms with Gasteiger partial charge in [0, 0.05) is 13.1 Å². The minimum atomic E-state index is -0.776. The number of fused-ring (bicyclic) bond motifs is 2. The number of rotatable bonds is 5. The van der Waals surface area contributed by atoms with E-state index in [-0.39, 0.29) is 11.3 Å². The summed E-state index contributed by atoms with van der Waals surface area (Å²) in [5, 5.41) is 9.41. The number of piperidine rings is 1. The average molecular weight is 371 g/mol. The number of benzene rings is 1. The molecule has 1 aromatic carbocycles. The smallest absolute Gasteiger partial charge is 0.308 e. The molecule has 3 aliphatic rings. The quantitative estimate of drug-likeness (QED) is 0.862. The molecule has 1 saturated heterocycles. The Labute approximate surface area is 160 Å². The first kappa shape index (κ1) is 18.3. The summed E-state index contributed by atoms with van der Waals surface area (Å²) in [6.07, 6.45) is 6.64. The number of carbonyl (C=O) groups is 2. The van der Waals surface area contributed by atoms with Crippen LogP contribution in [0, 0.1) is 23.2 Å². The fourth-order valence-electron chi connectivity index (χ4n) is 5.82. The van der Waals surface area contributed by atoms with E-state index in [9.17, 15) is 14.7 Å². The molecule has 2 saturated carbocycles. The summed E-state index contributed by atoms with van der Waals surface area (Å²) in [7, 11) is 1.66. The Morgan fingerprint density at radius 3 is 2.81 bits per heavy atom. The summed E-state index contributed by atoms with van der Waals surface area (Å²) in [6, 6.07) is 8.04. The van der Waals surface area contributed by atoms with Gasteiger partial charge in [0.2, 0.25) is 5.91 Å². The third kappa shape index (κ3) is 3.32. The molecule has 0 aromatic heterocycles. The van der Waals surface area contributed by atoms with Gasteiger partial charge in [-0.2, -0.15) is 0 Å². The minimum absolute atomic E-state index is 0.198. The molecule has 3 fully saturated rings. The fourth-order valence-corrected chi connectivity index (χ4v) is 5.82. The van der Waals surface area contributed by atoms with Crippen molar-refractivity contribution < 1.29 is 19.4 Å². The van der Waals surface area contributed by atoms with Gasteiger partial charge in [-0.1, -0.05) is 18.6 Å². The van der Waals surface area contributed by atoms with Crippen LogP contribution in [0.5, 0.6) is 5.75 Å². The highest BCUT2D eigenvalue weighted by Gasteiger charge is 2.56. The van der Waals surface area contributed by atoms with Gasteiger partial charge in [-0.25, -0.2) is 0 Å². The number of nitrogens with zero attached hydrogens (tertiary/aromatic N) is 1. The zero-order valence-corrected chi connectivity index (χ0v) is 16.0. The van der Waals surface area contributed by atoms with E-state index < -0.39 is 11.9 Å². The molecule has 1 N–H and O–H groups in total. The van der Waals surface area contributed by atoms with Crippen LogP contribution in [0.4, 0.5) is 0 Å². The molecule has 1 amide bonds. The molecule has 5 nitrogen and oxygen atoms in total. The van der Waals surface area contributed by atoms with Crippen molar-refractivity contribution >= 4 is 11.9 Å². The van der Waals surface area contributed by atoms with Gasteiger partial charge < -0.3 is 14.7 Å². The largest absolute Gasteiger partial charge is 0.497 e. The normalized spacial score (nSPS) is 32.5. The predicted molar refractivity (Wildman–Crippen MR) is 102 cm³/mol. The summed E-state index contributed by atoms with van der Waals surface area (Å²) < 4.78 is 5.37. The Morgan fingerprint density at radius 2 is 2.15 bits per heavy atom. The van der Waals surface area contributed by atoms with Crippen LogP contribution >= 0.6 is 0 Å². The standard InChI is InChI=1S/C22H29NO4/c1-27-19-6-2-4-15(11-19)12-22(13-16-7-8-18(22)10-16)21(26)23-9-3-5-17(14-23)20(24)25/h2,4,6,11,16-18H,3,5,7-10,12-14H2,1H3,(H,24,25)/t16?,17-,18?,22?/m0/s1. The van der Waals surface area contributed by atoms with Crippen molar-refractivity contribution in [2.45, 2.75) is 44.9 Å². The van der Waals surface area contributed by atoms with Crippen molar-refractivity contribution in [1.82, 2.24) is 4.90 Å². The molecular weight excluding hydrogens is 342 g/mol. The Morgan fingerprint density at radius 1 is 1.30 bits per heavy atom. The van der Waals surface area contributed by atoms with E-state index in [2.05, 4.69) is 6.07 Å². The topological polar surface area (TPSA) is 66.8 Å². The predicted octanol–water partition coefficient (Wildman–Crippen LogP) is 3.37. The van der Waals surface area contributed by atoms with Gasteiger partial charge in [0.1, 0.15) is 5.75 Å². The summed E-state index contributed by atoms with van der Waals surface area (Å²) in [5.74, 6) is 0.888. The van der Waals surface area contributed by atoms with Gasteiger partial charge >= 0.3 is 5.97 Å². The van der Waals surface area contributed by atoms with Gasteiger partial charge in [-0.15, -0.1) is 0 Å². The van der Waals surface area contributed by atoms with E-state index in [1.165, 1.54) is 6.42 Å². The molecule has 1 aromatic rings. The monoisotopic (exact) mass is 371 g/mol. The number of methoxy groups -OCH3 is 1. The Bertz CT molecular complexity index is 733. The van der Waals surface area contributed by atoms with Crippen LogP contribution in [-0.2, 0) is 16.0 Å². The number of hydrogen-bond donors (Lipinski definition) is 1. The second-order valence-corrected chi connectivity index (χ2v) is 8.69. The van der Waals surface area contributed by atoms with Crippen molar-refractivity contribution in [3.63, 3.8) is 0 Å². The van der Waals surface area contributed by atoms with Crippen LogP contribution in [0.2, 0.25) is 0 Å². The SMILES string of the molecule is COc1cccc(CC2(C(=O)N3CCC[C@H](C(=O)O)C3)CC3CCC2C3)c1. The molecule has 1 aliphatic heterocycles. The van der Waals surface area contributed by atoms with Gasteiger partial charge in [0.15, 0.2) is 0 Å². The number of carboxylic acids is 1.